The van der Waals surface area contributed by atoms with Gasteiger partial charge >= 0.3 is 5.97 Å². The van der Waals surface area contributed by atoms with Gasteiger partial charge in [0.1, 0.15) is 12.4 Å². The second-order valence-corrected chi connectivity index (χ2v) is 11.0. The Kier molecular flexibility index (Phi) is 5.70. The average Bonchev–Trinajstić information content (AvgIpc) is 3.46. The van der Waals surface area contributed by atoms with Crippen LogP contribution in [-0.4, -0.2) is 24.7 Å². The highest BCUT2D eigenvalue weighted by molar-refractivity contribution is 5.83. The molecule has 0 saturated heterocycles. The van der Waals surface area contributed by atoms with Gasteiger partial charge in [-0.05, 0) is 67.4 Å². The van der Waals surface area contributed by atoms with Gasteiger partial charge in [0.2, 0.25) is 5.88 Å². The molecule has 6 heteroatoms. The number of carbonyl (C=O) groups is 1. The molecule has 5 nitrogen and oxygen atoms in total. The van der Waals surface area contributed by atoms with Gasteiger partial charge in [-0.25, -0.2) is 9.37 Å². The van der Waals surface area contributed by atoms with Gasteiger partial charge in [-0.1, -0.05) is 37.6 Å². The number of methoxy groups -OCH3 is 1. The number of aromatic nitrogens is 1. The molecule has 37 heavy (non-hydrogen) atoms. The summed E-state index contributed by atoms with van der Waals surface area (Å²) < 4.78 is 32.2. The topological polar surface area (TPSA) is 57.7 Å². The van der Waals surface area contributed by atoms with E-state index in [2.05, 4.69) is 31.0 Å². The quantitative estimate of drug-likeness (QED) is 0.390. The molecule has 0 radical (unpaired) electrons. The van der Waals surface area contributed by atoms with Crippen LogP contribution in [0.2, 0.25) is 0 Å². The van der Waals surface area contributed by atoms with Crippen LogP contribution in [0, 0.1) is 17.2 Å². The molecule has 194 valence electrons. The van der Waals surface area contributed by atoms with E-state index in [1.807, 2.05) is 19.1 Å². The highest BCUT2D eigenvalue weighted by Gasteiger charge is 2.63. The molecule has 4 aliphatic rings. The van der Waals surface area contributed by atoms with Crippen molar-refractivity contribution in [2.75, 3.05) is 13.7 Å². The Morgan fingerprint density at radius 1 is 1.22 bits per heavy atom. The third-order valence-electron chi connectivity index (χ3n) is 9.24. The second-order valence-electron chi connectivity index (χ2n) is 11.0. The van der Waals surface area contributed by atoms with Gasteiger partial charge in [0.05, 0.1) is 31.6 Å². The van der Waals surface area contributed by atoms with Crippen LogP contribution in [0.15, 0.2) is 47.4 Å². The highest BCUT2D eigenvalue weighted by Crippen LogP contribution is 2.67. The van der Waals surface area contributed by atoms with E-state index in [1.54, 1.807) is 7.11 Å². The Morgan fingerprint density at radius 2 is 2.05 bits per heavy atom. The molecule has 6 rings (SSSR count). The number of hydrogen-bond donors (Lipinski definition) is 0. The molecule has 0 bridgehead atoms. The molecule has 1 fully saturated rings. The van der Waals surface area contributed by atoms with Crippen molar-refractivity contribution in [2.24, 2.45) is 11.3 Å². The molecule has 1 saturated carbocycles. The van der Waals surface area contributed by atoms with Crippen molar-refractivity contribution in [3.63, 3.8) is 0 Å². The zero-order chi connectivity index (χ0) is 25.9. The van der Waals surface area contributed by atoms with Crippen LogP contribution < -0.4 is 4.74 Å². The van der Waals surface area contributed by atoms with E-state index in [4.69, 9.17) is 14.2 Å². The highest BCUT2D eigenvalue weighted by atomic mass is 19.1. The molecule has 0 N–H and O–H groups in total. The maximum Gasteiger partial charge on any atom is 0.309 e. The number of halogens is 1. The lowest BCUT2D eigenvalue weighted by Gasteiger charge is -2.27. The predicted octanol–water partition coefficient (Wildman–Crippen LogP) is 6.78. The van der Waals surface area contributed by atoms with Crippen LogP contribution in [0.25, 0.3) is 11.1 Å². The molecule has 2 aromatic rings. The summed E-state index contributed by atoms with van der Waals surface area (Å²) in [4.78, 5) is 16.6. The Morgan fingerprint density at radius 3 is 2.81 bits per heavy atom. The number of esters is 1. The molecule has 2 unspecified atom stereocenters. The molecular weight excluding hydrogens is 469 g/mol. The minimum atomic E-state index is -0.394. The normalized spacial score (nSPS) is 26.9. The fourth-order valence-corrected chi connectivity index (χ4v) is 6.99. The molecule has 4 aliphatic carbocycles. The fraction of sp³-hybridized carbons (Fsp3) is 0.484. The Hall–Kier alpha value is -3.15. The summed E-state index contributed by atoms with van der Waals surface area (Å²) in [5.74, 6) is 1.08. The number of ether oxygens (including phenoxy) is 3. The largest absolute Gasteiger partial charge is 0.493 e. The lowest BCUT2D eigenvalue weighted by molar-refractivity contribution is -0.145. The van der Waals surface area contributed by atoms with E-state index in [1.165, 1.54) is 17.3 Å². The Labute approximate surface area is 217 Å². The first-order chi connectivity index (χ1) is 17.9. The molecule has 0 aliphatic heterocycles. The van der Waals surface area contributed by atoms with Gasteiger partial charge in [0, 0.05) is 28.4 Å². The van der Waals surface area contributed by atoms with Gasteiger partial charge < -0.3 is 14.2 Å². The summed E-state index contributed by atoms with van der Waals surface area (Å²) in [5, 5.41) is 0. The maximum atomic E-state index is 15.0. The van der Waals surface area contributed by atoms with Crippen molar-refractivity contribution in [2.45, 2.75) is 71.3 Å². The molecule has 3 atom stereocenters. The van der Waals surface area contributed by atoms with E-state index in [0.29, 0.717) is 24.7 Å². The Balaban J connectivity index is 1.24. The van der Waals surface area contributed by atoms with Crippen molar-refractivity contribution in [1.29, 1.82) is 0 Å². The third-order valence-corrected chi connectivity index (χ3v) is 9.24. The van der Waals surface area contributed by atoms with Crippen molar-refractivity contribution in [3.8, 4) is 17.0 Å². The second kappa shape index (κ2) is 8.71. The van der Waals surface area contributed by atoms with Crippen LogP contribution in [0.5, 0.6) is 5.88 Å². The van der Waals surface area contributed by atoms with Gasteiger partial charge in [-0.2, -0.15) is 0 Å². The van der Waals surface area contributed by atoms with Gasteiger partial charge in [-0.15, -0.1) is 0 Å². The lowest BCUT2D eigenvalue weighted by atomic mass is 9.78. The number of rotatable bonds is 7. The molecule has 1 heterocycles. The minimum absolute atomic E-state index is 0.00695. The molecule has 1 spiro atoms. The SMILES string of the molecule is CCOC(=O)[C@@H]1CC12CCC1=C2C=C(OCc2ccc3c(c2)C(C)(CC)c2c(OC)ncc(F)c2-3)CC1. The first-order valence-electron chi connectivity index (χ1n) is 13.5. The van der Waals surface area contributed by atoms with Crippen molar-refractivity contribution < 1.29 is 23.4 Å². The van der Waals surface area contributed by atoms with Gasteiger partial charge in [0.25, 0.3) is 0 Å². The van der Waals surface area contributed by atoms with Crippen molar-refractivity contribution >= 4 is 5.97 Å². The number of pyridine rings is 1. The van der Waals surface area contributed by atoms with Crippen molar-refractivity contribution in [1.82, 2.24) is 4.98 Å². The summed E-state index contributed by atoms with van der Waals surface area (Å²) in [5.41, 5.74) is 6.85. The molecule has 1 aromatic heterocycles. The van der Waals surface area contributed by atoms with E-state index >= 15 is 0 Å². The monoisotopic (exact) mass is 503 g/mol. The van der Waals surface area contributed by atoms with E-state index < -0.39 is 5.41 Å². The van der Waals surface area contributed by atoms with Crippen LogP contribution in [0.1, 0.15) is 76.0 Å². The predicted molar refractivity (Wildman–Crippen MR) is 138 cm³/mol. The Bertz CT molecular complexity index is 1360. The number of fused-ring (bicyclic) bond motifs is 4. The molecular formula is C31H34FNO4. The van der Waals surface area contributed by atoms with Crippen LogP contribution >= 0.6 is 0 Å². The van der Waals surface area contributed by atoms with Gasteiger partial charge in [-0.3, -0.25) is 4.79 Å². The first kappa shape index (κ1) is 24.2. The zero-order valence-corrected chi connectivity index (χ0v) is 22.1. The zero-order valence-electron chi connectivity index (χ0n) is 22.1. The molecule has 1 aromatic carbocycles. The van der Waals surface area contributed by atoms with E-state index in [0.717, 1.165) is 66.5 Å². The number of allylic oxidation sites excluding steroid dienone is 4. The summed E-state index contributed by atoms with van der Waals surface area (Å²) in [6.07, 6.45) is 9.14. The average molecular weight is 504 g/mol. The summed E-state index contributed by atoms with van der Waals surface area (Å²) in [6, 6.07) is 6.19. The number of hydrogen-bond acceptors (Lipinski definition) is 5. The molecule has 0 amide bonds. The summed E-state index contributed by atoms with van der Waals surface area (Å²) in [6.45, 7) is 7.00. The van der Waals surface area contributed by atoms with E-state index in [-0.39, 0.29) is 23.1 Å². The third kappa shape index (κ3) is 3.55. The standard InChI is InChI=1S/C31H34FNO4/c1-5-30(3)23-13-18(7-10-21(23)26-25(32)16-33-28(35-4)27(26)30)17-37-20-9-8-19-11-12-31(22(19)14-20)15-24(31)29(34)36-6-2/h7,10,13-14,16,24H,5-6,8-9,11-12,15,17H2,1-4H3/t24-,30?,31?/m0/s1. The lowest BCUT2D eigenvalue weighted by Crippen LogP contribution is -2.21. The van der Waals surface area contributed by atoms with Crippen molar-refractivity contribution in [3.05, 3.63) is 69.9 Å². The van der Waals surface area contributed by atoms with Crippen LogP contribution in [-0.2, 0) is 26.3 Å². The van der Waals surface area contributed by atoms with Crippen LogP contribution in [0.3, 0.4) is 0 Å². The van der Waals surface area contributed by atoms with Crippen LogP contribution in [0.4, 0.5) is 4.39 Å². The smallest absolute Gasteiger partial charge is 0.309 e. The summed E-state index contributed by atoms with van der Waals surface area (Å²) >= 11 is 0. The first-order valence-corrected chi connectivity index (χ1v) is 13.5. The maximum absolute atomic E-state index is 15.0. The van der Waals surface area contributed by atoms with Gasteiger partial charge in [0.15, 0.2) is 0 Å². The fourth-order valence-electron chi connectivity index (χ4n) is 6.99. The number of carbonyl (C=O) groups excluding carboxylic acids is 1. The number of benzene rings is 1. The number of nitrogens with zero attached hydrogens (tertiary/aromatic N) is 1. The summed E-state index contributed by atoms with van der Waals surface area (Å²) in [7, 11) is 1.59. The minimum Gasteiger partial charge on any atom is -0.493 e. The van der Waals surface area contributed by atoms with E-state index in [9.17, 15) is 9.18 Å².